The van der Waals surface area contributed by atoms with Gasteiger partial charge in [-0.25, -0.2) is 13.1 Å². The Morgan fingerprint density at radius 2 is 2.00 bits per heavy atom. The molecule has 0 fully saturated rings. The molecular formula is C11H18N4O3S. The Morgan fingerprint density at radius 1 is 1.32 bits per heavy atom. The van der Waals surface area contributed by atoms with Crippen molar-refractivity contribution in [2.45, 2.75) is 11.8 Å². The Hall–Kier alpha value is -1.80. The molecule has 1 rings (SSSR count). The zero-order valence-electron chi connectivity index (χ0n) is 10.9. The van der Waals surface area contributed by atoms with Crippen molar-refractivity contribution >= 4 is 27.3 Å². The summed E-state index contributed by atoms with van der Waals surface area (Å²) in [6, 6.07) is 4.40. The van der Waals surface area contributed by atoms with Crippen molar-refractivity contribution in [3.63, 3.8) is 0 Å². The average molecular weight is 286 g/mol. The summed E-state index contributed by atoms with van der Waals surface area (Å²) in [5, 5.41) is 5.59. The summed E-state index contributed by atoms with van der Waals surface area (Å²) in [7, 11) is -2.15. The van der Waals surface area contributed by atoms with E-state index in [-0.39, 0.29) is 10.8 Å². The first-order valence-electron chi connectivity index (χ1n) is 5.68. The summed E-state index contributed by atoms with van der Waals surface area (Å²) in [6.07, 6.45) is 0. The van der Waals surface area contributed by atoms with Gasteiger partial charge in [0.1, 0.15) is 0 Å². The van der Waals surface area contributed by atoms with E-state index in [1.807, 2.05) is 0 Å². The van der Waals surface area contributed by atoms with Crippen molar-refractivity contribution in [2.24, 2.45) is 0 Å². The topological polar surface area (TPSA) is 113 Å². The Bertz CT molecular complexity index is 557. The highest BCUT2D eigenvalue weighted by atomic mass is 32.2. The van der Waals surface area contributed by atoms with Crippen LogP contribution >= 0.6 is 0 Å². The number of nitrogens with two attached hydrogens (primary N) is 1. The highest BCUT2D eigenvalue weighted by Gasteiger charge is 2.12. The second kappa shape index (κ2) is 6.39. The lowest BCUT2D eigenvalue weighted by Crippen LogP contribution is -2.26. The number of carbonyl (C=O) groups excluding carboxylic acids is 1. The number of carbonyl (C=O) groups is 1. The van der Waals surface area contributed by atoms with Gasteiger partial charge >= 0.3 is 0 Å². The van der Waals surface area contributed by atoms with Crippen LogP contribution in [0.15, 0.2) is 23.1 Å². The van der Waals surface area contributed by atoms with E-state index in [0.29, 0.717) is 24.5 Å². The quantitative estimate of drug-likeness (QED) is 0.424. The first kappa shape index (κ1) is 15.3. The van der Waals surface area contributed by atoms with Crippen LogP contribution in [-0.2, 0) is 14.8 Å². The molecule has 0 unspecified atom stereocenters. The molecule has 0 heterocycles. The number of sulfonamides is 1. The molecule has 8 heteroatoms. The zero-order chi connectivity index (χ0) is 14.5. The first-order valence-corrected chi connectivity index (χ1v) is 7.16. The lowest BCUT2D eigenvalue weighted by atomic mass is 10.2. The van der Waals surface area contributed by atoms with E-state index in [9.17, 15) is 13.2 Å². The number of nitrogens with one attached hydrogen (secondary N) is 3. The standard InChI is InChI=1S/C11H18N4O3S/c1-8(16)14-5-6-15-11-7-9(3-4-10(11)12)19(17,18)13-2/h3-4,7,13,15H,5-6,12H2,1-2H3,(H,14,16). The summed E-state index contributed by atoms with van der Waals surface area (Å²) < 4.78 is 25.5. The van der Waals surface area contributed by atoms with Crippen LogP contribution in [0.4, 0.5) is 11.4 Å². The Balaban J connectivity index is 2.78. The average Bonchev–Trinajstić information content (AvgIpc) is 2.36. The van der Waals surface area contributed by atoms with E-state index < -0.39 is 10.0 Å². The van der Waals surface area contributed by atoms with E-state index in [0.717, 1.165) is 0 Å². The fourth-order valence-corrected chi connectivity index (χ4v) is 2.17. The molecule has 5 N–H and O–H groups in total. The summed E-state index contributed by atoms with van der Waals surface area (Å²) >= 11 is 0. The van der Waals surface area contributed by atoms with Crippen LogP contribution in [0.2, 0.25) is 0 Å². The molecule has 1 aromatic carbocycles. The highest BCUT2D eigenvalue weighted by Crippen LogP contribution is 2.22. The molecule has 19 heavy (non-hydrogen) atoms. The Kier molecular flexibility index (Phi) is 5.13. The first-order chi connectivity index (χ1) is 8.86. The number of nitrogen functional groups attached to an aromatic ring is 1. The summed E-state index contributed by atoms with van der Waals surface area (Å²) in [5.41, 5.74) is 6.71. The maximum Gasteiger partial charge on any atom is 0.240 e. The zero-order valence-corrected chi connectivity index (χ0v) is 11.7. The normalized spacial score (nSPS) is 11.1. The van der Waals surface area contributed by atoms with Crippen molar-refractivity contribution in [3.8, 4) is 0 Å². The highest BCUT2D eigenvalue weighted by molar-refractivity contribution is 7.89. The van der Waals surface area contributed by atoms with Crippen LogP contribution in [0.3, 0.4) is 0 Å². The van der Waals surface area contributed by atoms with Crippen LogP contribution in [0, 0.1) is 0 Å². The second-order valence-corrected chi connectivity index (χ2v) is 5.75. The van der Waals surface area contributed by atoms with Gasteiger partial charge in [-0.05, 0) is 25.2 Å². The third kappa shape index (κ3) is 4.42. The molecule has 0 saturated heterocycles. The fraction of sp³-hybridized carbons (Fsp3) is 0.364. The van der Waals surface area contributed by atoms with E-state index in [4.69, 9.17) is 5.73 Å². The predicted octanol–water partition coefficient (Wildman–Crippen LogP) is -0.275. The number of anilines is 2. The fourth-order valence-electron chi connectivity index (χ4n) is 1.41. The molecule has 106 valence electrons. The minimum absolute atomic E-state index is 0.124. The number of hydrogen-bond acceptors (Lipinski definition) is 5. The number of hydrogen-bond donors (Lipinski definition) is 4. The lowest BCUT2D eigenvalue weighted by molar-refractivity contribution is -0.118. The maximum absolute atomic E-state index is 11.6. The molecule has 0 aliphatic rings. The molecular weight excluding hydrogens is 268 g/mol. The van der Waals surface area contributed by atoms with E-state index in [1.54, 1.807) is 0 Å². The van der Waals surface area contributed by atoms with Crippen LogP contribution < -0.4 is 21.1 Å². The molecule has 0 radical (unpaired) electrons. The Labute approximate surface area is 112 Å². The largest absolute Gasteiger partial charge is 0.397 e. The number of rotatable bonds is 6. The van der Waals surface area contributed by atoms with Crippen molar-refractivity contribution in [1.82, 2.24) is 10.0 Å². The van der Waals surface area contributed by atoms with Gasteiger partial charge in [-0.15, -0.1) is 0 Å². The van der Waals surface area contributed by atoms with Crippen molar-refractivity contribution in [3.05, 3.63) is 18.2 Å². The third-order valence-corrected chi connectivity index (χ3v) is 3.83. The van der Waals surface area contributed by atoms with Crippen LogP contribution in [0.1, 0.15) is 6.92 Å². The van der Waals surface area contributed by atoms with Gasteiger partial charge in [0.2, 0.25) is 15.9 Å². The van der Waals surface area contributed by atoms with Gasteiger partial charge in [0.25, 0.3) is 0 Å². The monoisotopic (exact) mass is 286 g/mol. The minimum Gasteiger partial charge on any atom is -0.397 e. The molecule has 0 atom stereocenters. The van der Waals surface area contributed by atoms with Crippen LogP contribution in [0.5, 0.6) is 0 Å². The predicted molar refractivity (Wildman–Crippen MR) is 74.3 cm³/mol. The molecule has 0 spiro atoms. The van der Waals surface area contributed by atoms with Crippen molar-refractivity contribution in [1.29, 1.82) is 0 Å². The second-order valence-electron chi connectivity index (χ2n) is 3.87. The molecule has 0 aromatic heterocycles. The van der Waals surface area contributed by atoms with Gasteiger partial charge in [0.15, 0.2) is 0 Å². The molecule has 0 aliphatic carbocycles. The molecule has 1 aromatic rings. The number of amides is 1. The molecule has 0 bridgehead atoms. The van der Waals surface area contributed by atoms with E-state index in [1.165, 1.54) is 32.2 Å². The van der Waals surface area contributed by atoms with E-state index >= 15 is 0 Å². The summed E-state index contributed by atoms with van der Waals surface area (Å²) in [5.74, 6) is -0.124. The molecule has 0 saturated carbocycles. The molecule has 7 nitrogen and oxygen atoms in total. The molecule has 0 aliphatic heterocycles. The van der Waals surface area contributed by atoms with E-state index in [2.05, 4.69) is 15.4 Å². The van der Waals surface area contributed by atoms with Crippen LogP contribution in [0.25, 0.3) is 0 Å². The Morgan fingerprint density at radius 3 is 2.58 bits per heavy atom. The summed E-state index contributed by atoms with van der Waals surface area (Å²) in [6.45, 7) is 2.30. The minimum atomic E-state index is -3.50. The lowest BCUT2D eigenvalue weighted by Gasteiger charge is -2.11. The van der Waals surface area contributed by atoms with Crippen molar-refractivity contribution < 1.29 is 13.2 Å². The van der Waals surface area contributed by atoms with Gasteiger partial charge in [-0.1, -0.05) is 0 Å². The van der Waals surface area contributed by atoms with Gasteiger partial charge in [-0.2, -0.15) is 0 Å². The molecule has 1 amide bonds. The smallest absolute Gasteiger partial charge is 0.240 e. The third-order valence-electron chi connectivity index (χ3n) is 2.42. The van der Waals surface area contributed by atoms with Gasteiger partial charge in [0, 0.05) is 20.0 Å². The van der Waals surface area contributed by atoms with Crippen LogP contribution in [-0.4, -0.2) is 34.5 Å². The maximum atomic E-state index is 11.6. The van der Waals surface area contributed by atoms with Gasteiger partial charge in [0.05, 0.1) is 16.3 Å². The SMILES string of the molecule is CNS(=O)(=O)c1ccc(N)c(NCCNC(C)=O)c1. The van der Waals surface area contributed by atoms with Gasteiger partial charge in [-0.3, -0.25) is 4.79 Å². The van der Waals surface area contributed by atoms with Gasteiger partial charge < -0.3 is 16.4 Å². The number of benzene rings is 1. The summed E-state index contributed by atoms with van der Waals surface area (Å²) in [4.78, 5) is 10.8. The van der Waals surface area contributed by atoms with Crippen molar-refractivity contribution in [2.75, 3.05) is 31.2 Å².